The van der Waals surface area contributed by atoms with E-state index in [4.69, 9.17) is 4.42 Å². The highest BCUT2D eigenvalue weighted by molar-refractivity contribution is 7.26. The highest BCUT2D eigenvalue weighted by atomic mass is 32.1. The molecular formula is C39H30OS2. The number of furan rings is 1. The molecule has 1 nitrogen and oxygen atoms in total. The summed E-state index contributed by atoms with van der Waals surface area (Å²) in [5, 5.41) is 8.05. The standard InChI is InChI=1S/C13H10O.2C13H10S/c2*1-9-5-4-8-12-13(9)10-6-2-3-7-11(10)14-12;1-9-6-7-13-11(8-9)10-4-2-3-5-12(10)14-13/h3*2-8H,1H3. The van der Waals surface area contributed by atoms with Crippen LogP contribution in [0.2, 0.25) is 0 Å². The van der Waals surface area contributed by atoms with Crippen LogP contribution in [0.25, 0.3) is 62.3 Å². The molecule has 3 heteroatoms. The van der Waals surface area contributed by atoms with Crippen LogP contribution in [0.15, 0.2) is 132 Å². The summed E-state index contributed by atoms with van der Waals surface area (Å²) in [6.07, 6.45) is 0. The molecule has 0 saturated heterocycles. The molecule has 0 bridgehead atoms. The van der Waals surface area contributed by atoms with E-state index < -0.39 is 0 Å². The zero-order chi connectivity index (χ0) is 28.6. The first-order valence-corrected chi connectivity index (χ1v) is 15.8. The third-order valence-corrected chi connectivity index (χ3v) is 10.0. The first-order chi connectivity index (χ1) is 20.6. The molecule has 0 spiro atoms. The molecule has 6 aromatic carbocycles. The van der Waals surface area contributed by atoms with Gasteiger partial charge in [-0.3, -0.25) is 0 Å². The Labute approximate surface area is 253 Å². The monoisotopic (exact) mass is 578 g/mol. The van der Waals surface area contributed by atoms with Crippen LogP contribution in [-0.4, -0.2) is 0 Å². The number of rotatable bonds is 0. The molecule has 0 radical (unpaired) electrons. The van der Waals surface area contributed by atoms with Crippen molar-refractivity contribution in [3.8, 4) is 0 Å². The van der Waals surface area contributed by atoms with E-state index in [9.17, 15) is 0 Å². The lowest BCUT2D eigenvalue weighted by Crippen LogP contribution is -1.72. The molecule has 0 atom stereocenters. The predicted octanol–water partition coefficient (Wildman–Crippen LogP) is 12.6. The molecule has 9 aromatic rings. The van der Waals surface area contributed by atoms with Crippen molar-refractivity contribution in [3.63, 3.8) is 0 Å². The molecule has 0 aliphatic heterocycles. The fraction of sp³-hybridized carbons (Fsp3) is 0.0769. The third-order valence-electron chi connectivity index (χ3n) is 7.75. The van der Waals surface area contributed by atoms with Crippen molar-refractivity contribution in [2.75, 3.05) is 0 Å². The van der Waals surface area contributed by atoms with Gasteiger partial charge in [0.2, 0.25) is 0 Å². The molecular weight excluding hydrogens is 549 g/mol. The van der Waals surface area contributed by atoms with Crippen LogP contribution in [0, 0.1) is 20.8 Å². The van der Waals surface area contributed by atoms with Crippen LogP contribution in [0.4, 0.5) is 0 Å². The maximum absolute atomic E-state index is 5.73. The second-order valence-electron chi connectivity index (χ2n) is 10.7. The number of fused-ring (bicyclic) bond motifs is 9. The van der Waals surface area contributed by atoms with Gasteiger partial charge in [0.1, 0.15) is 11.2 Å². The van der Waals surface area contributed by atoms with Crippen molar-refractivity contribution in [1.29, 1.82) is 0 Å². The Hall–Kier alpha value is -4.44. The average molecular weight is 579 g/mol. The van der Waals surface area contributed by atoms with Gasteiger partial charge in [-0.15, -0.1) is 22.7 Å². The van der Waals surface area contributed by atoms with Crippen LogP contribution in [-0.2, 0) is 0 Å². The van der Waals surface area contributed by atoms with Gasteiger partial charge in [-0.25, -0.2) is 0 Å². The van der Waals surface area contributed by atoms with Crippen molar-refractivity contribution in [2.45, 2.75) is 20.8 Å². The Morgan fingerprint density at radius 1 is 0.405 bits per heavy atom. The molecule has 0 N–H and O–H groups in total. The summed E-state index contributed by atoms with van der Waals surface area (Å²) in [6, 6.07) is 44.7. The molecule has 0 fully saturated rings. The van der Waals surface area contributed by atoms with Gasteiger partial charge in [-0.1, -0.05) is 90.5 Å². The minimum Gasteiger partial charge on any atom is -0.456 e. The first kappa shape index (κ1) is 26.5. The zero-order valence-electron chi connectivity index (χ0n) is 23.8. The van der Waals surface area contributed by atoms with E-state index in [1.165, 1.54) is 67.8 Å². The maximum Gasteiger partial charge on any atom is 0.135 e. The van der Waals surface area contributed by atoms with E-state index in [2.05, 4.69) is 118 Å². The van der Waals surface area contributed by atoms with Crippen molar-refractivity contribution >= 4 is 85.0 Å². The number of hydrogen-bond donors (Lipinski definition) is 0. The van der Waals surface area contributed by atoms with Gasteiger partial charge in [0, 0.05) is 51.1 Å². The Kier molecular flexibility index (Phi) is 6.99. The number of para-hydroxylation sites is 1. The van der Waals surface area contributed by atoms with E-state index >= 15 is 0 Å². The summed E-state index contributed by atoms with van der Waals surface area (Å²) in [4.78, 5) is 0. The average Bonchev–Trinajstić information content (AvgIpc) is 3.70. The summed E-state index contributed by atoms with van der Waals surface area (Å²) in [7, 11) is 0. The number of aryl methyl sites for hydroxylation is 3. The van der Waals surface area contributed by atoms with Gasteiger partial charge < -0.3 is 4.42 Å². The summed E-state index contributed by atoms with van der Waals surface area (Å²) >= 11 is 3.75. The number of hydrogen-bond acceptors (Lipinski definition) is 3. The minimum absolute atomic E-state index is 0.969. The number of thiophene rings is 2. The SMILES string of the molecule is Cc1ccc2sc3ccccc3c2c1.Cc1cccc2oc3ccccc3c12.Cc1cccc2sc3ccccc3c12. The lowest BCUT2D eigenvalue weighted by Gasteiger charge is -1.95. The van der Waals surface area contributed by atoms with Crippen molar-refractivity contribution in [2.24, 2.45) is 0 Å². The van der Waals surface area contributed by atoms with Crippen molar-refractivity contribution < 1.29 is 4.42 Å². The molecule has 9 rings (SSSR count). The van der Waals surface area contributed by atoms with Gasteiger partial charge in [-0.2, -0.15) is 0 Å². The lowest BCUT2D eigenvalue weighted by molar-refractivity contribution is 0.669. The van der Waals surface area contributed by atoms with Gasteiger partial charge in [0.05, 0.1) is 0 Å². The summed E-state index contributed by atoms with van der Waals surface area (Å²) in [6.45, 7) is 6.44. The molecule has 42 heavy (non-hydrogen) atoms. The van der Waals surface area contributed by atoms with Crippen LogP contribution in [0.5, 0.6) is 0 Å². The molecule has 3 aromatic heterocycles. The quantitative estimate of drug-likeness (QED) is 0.174. The highest BCUT2D eigenvalue weighted by Gasteiger charge is 2.07. The van der Waals surface area contributed by atoms with Crippen LogP contribution < -0.4 is 0 Å². The second-order valence-corrected chi connectivity index (χ2v) is 12.9. The van der Waals surface area contributed by atoms with E-state index in [-0.39, 0.29) is 0 Å². The first-order valence-electron chi connectivity index (χ1n) is 14.2. The Morgan fingerprint density at radius 2 is 0.952 bits per heavy atom. The van der Waals surface area contributed by atoms with Gasteiger partial charge in [-0.05, 0) is 74.4 Å². The molecule has 204 valence electrons. The maximum atomic E-state index is 5.73. The Morgan fingerprint density at radius 3 is 1.76 bits per heavy atom. The fourth-order valence-electron chi connectivity index (χ4n) is 5.74. The number of benzene rings is 6. The van der Waals surface area contributed by atoms with Gasteiger partial charge >= 0.3 is 0 Å². The van der Waals surface area contributed by atoms with E-state index in [0.29, 0.717) is 0 Å². The normalized spacial score (nSPS) is 11.2. The van der Waals surface area contributed by atoms with Crippen LogP contribution >= 0.6 is 22.7 Å². The third kappa shape index (κ3) is 4.85. The summed E-state index contributed by atoms with van der Waals surface area (Å²) in [5.41, 5.74) is 5.93. The predicted molar refractivity (Wildman–Crippen MR) is 187 cm³/mol. The van der Waals surface area contributed by atoms with E-state index in [1.807, 2.05) is 53.0 Å². The van der Waals surface area contributed by atoms with Crippen LogP contribution in [0.1, 0.15) is 16.7 Å². The topological polar surface area (TPSA) is 13.1 Å². The molecule has 0 aliphatic carbocycles. The van der Waals surface area contributed by atoms with E-state index in [1.54, 1.807) is 0 Å². The van der Waals surface area contributed by atoms with Crippen LogP contribution in [0.3, 0.4) is 0 Å². The fourth-order valence-corrected chi connectivity index (χ4v) is 8.01. The van der Waals surface area contributed by atoms with Gasteiger partial charge in [0.25, 0.3) is 0 Å². The minimum atomic E-state index is 0.969. The summed E-state index contributed by atoms with van der Waals surface area (Å²) in [5.74, 6) is 0. The van der Waals surface area contributed by atoms with E-state index in [0.717, 1.165) is 11.2 Å². The van der Waals surface area contributed by atoms with Crippen molar-refractivity contribution in [3.05, 3.63) is 144 Å². The van der Waals surface area contributed by atoms with Crippen molar-refractivity contribution in [1.82, 2.24) is 0 Å². The summed E-state index contributed by atoms with van der Waals surface area (Å²) < 4.78 is 11.3. The molecule has 0 amide bonds. The smallest absolute Gasteiger partial charge is 0.135 e. The zero-order valence-corrected chi connectivity index (χ0v) is 25.5. The molecule has 3 heterocycles. The Bertz CT molecular complexity index is 2240. The molecule has 0 saturated carbocycles. The van der Waals surface area contributed by atoms with Gasteiger partial charge in [0.15, 0.2) is 0 Å². The highest BCUT2D eigenvalue weighted by Crippen LogP contribution is 2.36. The second kappa shape index (κ2) is 11.1. The molecule has 0 aliphatic rings. The Balaban J connectivity index is 0.000000103. The lowest BCUT2D eigenvalue weighted by atomic mass is 10.1. The molecule has 0 unspecified atom stereocenters. The largest absolute Gasteiger partial charge is 0.456 e.